The Balaban J connectivity index is 1.76. The Labute approximate surface area is 177 Å². The molecule has 26 heavy (non-hydrogen) atoms. The zero-order valence-electron chi connectivity index (χ0n) is 16.5. The van der Waals surface area contributed by atoms with Crippen LogP contribution in [0.25, 0.3) is 0 Å². The predicted octanol–water partition coefficient (Wildman–Crippen LogP) is 8.05. The lowest BCUT2D eigenvalue weighted by Gasteiger charge is -2.42. The molecule has 1 aromatic carbocycles. The molecule has 2 fully saturated rings. The molecule has 0 nitrogen and oxygen atoms in total. The molecule has 0 amide bonds. The van der Waals surface area contributed by atoms with Crippen LogP contribution in [0.4, 0.5) is 0 Å². The maximum atomic E-state index is 6.31. The molecule has 0 N–H and O–H groups in total. The van der Waals surface area contributed by atoms with Crippen molar-refractivity contribution in [3.05, 3.63) is 44.3 Å². The van der Waals surface area contributed by atoms with Crippen LogP contribution in [-0.2, 0) is 5.75 Å². The Bertz CT molecular complexity index is 687. The van der Waals surface area contributed by atoms with E-state index in [1.807, 2.05) is 11.8 Å². The summed E-state index contributed by atoms with van der Waals surface area (Å²) in [6.07, 6.45) is 3.98. The van der Waals surface area contributed by atoms with Crippen LogP contribution in [0.1, 0.15) is 55.4 Å². The molecule has 2 aliphatic rings. The fourth-order valence-electron chi connectivity index (χ4n) is 5.44. The average molecular weight is 430 g/mol. The number of halogens is 2. The van der Waals surface area contributed by atoms with Crippen LogP contribution < -0.4 is 0 Å². The third-order valence-corrected chi connectivity index (χ3v) is 10.5. The average Bonchev–Trinajstić information content (AvgIpc) is 2.92. The molecule has 2 bridgehead atoms. The molecule has 0 radical (unpaired) electrons. The first-order chi connectivity index (χ1) is 12.2. The van der Waals surface area contributed by atoms with E-state index in [-0.39, 0.29) is 0 Å². The maximum absolute atomic E-state index is 6.31. The highest BCUT2D eigenvalue weighted by atomic mass is 35.5. The van der Waals surface area contributed by atoms with Gasteiger partial charge >= 0.3 is 0 Å². The van der Waals surface area contributed by atoms with Crippen molar-refractivity contribution in [1.29, 1.82) is 0 Å². The summed E-state index contributed by atoms with van der Waals surface area (Å²) in [6, 6.07) is 4.63. The van der Waals surface area contributed by atoms with Crippen LogP contribution in [0, 0.1) is 37.5 Å². The van der Waals surface area contributed by atoms with Gasteiger partial charge in [0.2, 0.25) is 0 Å². The Morgan fingerprint density at radius 2 is 1.88 bits per heavy atom. The van der Waals surface area contributed by atoms with E-state index in [4.69, 9.17) is 23.2 Å². The van der Waals surface area contributed by atoms with Gasteiger partial charge in [-0.05, 0) is 73.5 Å². The van der Waals surface area contributed by atoms with Gasteiger partial charge in [0.15, 0.2) is 0 Å². The summed E-state index contributed by atoms with van der Waals surface area (Å²) in [5.74, 6) is 3.15. The summed E-state index contributed by atoms with van der Waals surface area (Å²) >= 11 is 16.1. The van der Waals surface area contributed by atoms with Crippen molar-refractivity contribution in [1.82, 2.24) is 0 Å². The van der Waals surface area contributed by atoms with E-state index in [1.54, 1.807) is 0 Å². The van der Waals surface area contributed by atoms with Crippen molar-refractivity contribution >= 4 is 46.7 Å². The van der Waals surface area contributed by atoms with E-state index in [2.05, 4.69) is 58.5 Å². The molecule has 0 unspecified atom stereocenters. The number of rotatable bonds is 6. The maximum Gasteiger partial charge on any atom is 0.0850 e. The zero-order valence-corrected chi connectivity index (χ0v) is 19.6. The Morgan fingerprint density at radius 3 is 2.46 bits per heavy atom. The highest BCUT2D eigenvalue weighted by Crippen LogP contribution is 2.70. The lowest BCUT2D eigenvalue weighted by atomic mass is 9.70. The molecule has 0 heterocycles. The number of fused-ring (bicyclic) bond motifs is 2. The van der Waals surface area contributed by atoms with Crippen LogP contribution in [-0.4, -0.2) is 11.0 Å². The SMILES string of the molecule is Cc1cc(C)c(CSC[C@]23CC[C@H](C[C@H]2S/C(Cl)=C\Cl)C3(C)C)c(C)c1. The van der Waals surface area contributed by atoms with Crippen molar-refractivity contribution in [2.75, 3.05) is 5.75 Å². The fraction of sp³-hybridized carbons (Fsp3) is 0.636. The van der Waals surface area contributed by atoms with E-state index < -0.39 is 0 Å². The van der Waals surface area contributed by atoms with Gasteiger partial charge in [0, 0.05) is 22.3 Å². The minimum Gasteiger partial charge on any atom is -0.157 e. The van der Waals surface area contributed by atoms with Gasteiger partial charge in [-0.2, -0.15) is 11.8 Å². The van der Waals surface area contributed by atoms with Gasteiger partial charge in [-0.1, -0.05) is 54.7 Å². The Morgan fingerprint density at radius 1 is 1.23 bits per heavy atom. The highest BCUT2D eigenvalue weighted by molar-refractivity contribution is 8.05. The largest absolute Gasteiger partial charge is 0.157 e. The molecule has 3 atom stereocenters. The number of benzene rings is 1. The zero-order chi connectivity index (χ0) is 19.1. The first-order valence-electron chi connectivity index (χ1n) is 9.48. The fourth-order valence-corrected chi connectivity index (χ4v) is 9.25. The van der Waals surface area contributed by atoms with E-state index >= 15 is 0 Å². The number of hydrogen-bond acceptors (Lipinski definition) is 2. The van der Waals surface area contributed by atoms with Gasteiger partial charge in [-0.3, -0.25) is 0 Å². The molecule has 3 rings (SSSR count). The molecule has 2 aliphatic carbocycles. The summed E-state index contributed by atoms with van der Waals surface area (Å²) in [4.78, 5) is 0. The molecular weight excluding hydrogens is 399 g/mol. The van der Waals surface area contributed by atoms with Gasteiger partial charge in [0.1, 0.15) is 0 Å². The number of hydrogen-bond donors (Lipinski definition) is 0. The second-order valence-corrected chi connectivity index (χ2v) is 11.8. The van der Waals surface area contributed by atoms with Crippen LogP contribution in [0.5, 0.6) is 0 Å². The first-order valence-corrected chi connectivity index (χ1v) is 12.3. The van der Waals surface area contributed by atoms with Crippen LogP contribution in [0.15, 0.2) is 22.0 Å². The lowest BCUT2D eigenvalue weighted by molar-refractivity contribution is 0.162. The molecule has 0 aliphatic heterocycles. The van der Waals surface area contributed by atoms with Gasteiger partial charge < -0.3 is 0 Å². The van der Waals surface area contributed by atoms with Crippen molar-refractivity contribution in [3.63, 3.8) is 0 Å². The number of aryl methyl sites for hydroxylation is 3. The van der Waals surface area contributed by atoms with Gasteiger partial charge in [-0.15, -0.1) is 11.8 Å². The Hall–Kier alpha value is 0.240. The van der Waals surface area contributed by atoms with E-state index in [9.17, 15) is 0 Å². The standard InChI is InChI=1S/C22H30Cl2S2/c1-14-8-15(2)18(16(3)9-14)12-25-13-22-7-6-17(21(22,4)5)10-19(22)26-20(24)11-23/h8-9,11,17,19H,6-7,10,12-13H2,1-5H3/b20-11-/t17-,19-,22-/m1/s1. The second-order valence-electron chi connectivity index (χ2n) is 8.74. The summed E-state index contributed by atoms with van der Waals surface area (Å²) in [5, 5.41) is 0.589. The van der Waals surface area contributed by atoms with E-state index in [1.165, 1.54) is 52.8 Å². The van der Waals surface area contributed by atoms with Crippen LogP contribution in [0.2, 0.25) is 0 Å². The molecule has 0 aromatic heterocycles. The monoisotopic (exact) mass is 428 g/mol. The first kappa shape index (κ1) is 21.0. The number of thioether (sulfide) groups is 2. The lowest BCUT2D eigenvalue weighted by Crippen LogP contribution is -2.39. The van der Waals surface area contributed by atoms with E-state index in [0.717, 1.165) is 16.0 Å². The van der Waals surface area contributed by atoms with Crippen LogP contribution in [0.3, 0.4) is 0 Å². The van der Waals surface area contributed by atoms with E-state index in [0.29, 0.717) is 16.1 Å². The van der Waals surface area contributed by atoms with Crippen LogP contribution >= 0.6 is 46.7 Å². The third kappa shape index (κ3) is 3.61. The smallest absolute Gasteiger partial charge is 0.0850 e. The quantitative estimate of drug-likeness (QED) is 0.449. The van der Waals surface area contributed by atoms with Gasteiger partial charge in [0.05, 0.1) is 4.36 Å². The minimum absolute atomic E-state index is 0.361. The summed E-state index contributed by atoms with van der Waals surface area (Å²) in [6.45, 7) is 11.7. The summed E-state index contributed by atoms with van der Waals surface area (Å²) in [5.41, 5.74) is 8.03. The van der Waals surface area contributed by atoms with Crippen molar-refractivity contribution in [2.45, 2.75) is 64.9 Å². The van der Waals surface area contributed by atoms with Gasteiger partial charge in [0.25, 0.3) is 0 Å². The molecule has 2 saturated carbocycles. The molecule has 1 aromatic rings. The summed E-state index contributed by atoms with van der Waals surface area (Å²) < 4.78 is 0.745. The minimum atomic E-state index is 0.361. The van der Waals surface area contributed by atoms with Crippen molar-refractivity contribution < 1.29 is 0 Å². The molecular formula is C22H30Cl2S2. The second kappa shape index (κ2) is 7.93. The highest BCUT2D eigenvalue weighted by Gasteiger charge is 2.63. The normalized spacial score (nSPS) is 30.2. The topological polar surface area (TPSA) is 0 Å². The van der Waals surface area contributed by atoms with Crippen molar-refractivity contribution in [3.8, 4) is 0 Å². The third-order valence-electron chi connectivity index (χ3n) is 7.14. The molecule has 4 heteroatoms. The summed E-state index contributed by atoms with van der Waals surface area (Å²) in [7, 11) is 0. The molecule has 0 spiro atoms. The molecule has 0 saturated heterocycles. The van der Waals surface area contributed by atoms with Gasteiger partial charge in [-0.25, -0.2) is 0 Å². The predicted molar refractivity (Wildman–Crippen MR) is 122 cm³/mol. The Kier molecular flexibility index (Phi) is 6.39. The molecule has 144 valence electrons. The van der Waals surface area contributed by atoms with Crippen molar-refractivity contribution in [2.24, 2.45) is 16.7 Å².